The molecule has 1 atom stereocenters. The van der Waals surface area contributed by atoms with E-state index in [-0.39, 0.29) is 16.3 Å². The second-order valence-electron chi connectivity index (χ2n) is 3.61. The number of carbonyl (C=O) groups is 3. The van der Waals surface area contributed by atoms with Crippen molar-refractivity contribution in [1.82, 2.24) is 0 Å². The minimum absolute atomic E-state index is 0.0532. The molecule has 0 aliphatic heterocycles. The molecule has 1 aromatic carbocycles. The van der Waals surface area contributed by atoms with E-state index in [2.05, 4.69) is 5.32 Å². The number of rotatable bonds is 4. The van der Waals surface area contributed by atoms with Crippen molar-refractivity contribution in [2.75, 3.05) is 5.32 Å². The fourth-order valence-corrected chi connectivity index (χ4v) is 1.37. The Balaban J connectivity index is 2.93. The minimum atomic E-state index is -1.24. The predicted molar refractivity (Wildman–Crippen MR) is 65.4 cm³/mol. The monoisotopic (exact) mass is 270 g/mol. The van der Waals surface area contributed by atoms with E-state index < -0.39 is 23.7 Å². The fraction of sp³-hybridized carbons (Fsp3) is 0.182. The number of carboxylic acids is 1. The van der Waals surface area contributed by atoms with Crippen LogP contribution in [0.15, 0.2) is 18.2 Å². The lowest BCUT2D eigenvalue weighted by Crippen LogP contribution is -2.27. The smallest absolute Gasteiger partial charge is 0.315 e. The Morgan fingerprint density at radius 2 is 2.00 bits per heavy atom. The first-order chi connectivity index (χ1) is 8.32. The number of carbonyl (C=O) groups excluding carboxylic acids is 2. The number of anilines is 1. The maximum absolute atomic E-state index is 11.5. The predicted octanol–water partition coefficient (Wildman–Crippen LogP) is 1.10. The van der Waals surface area contributed by atoms with Gasteiger partial charge in [-0.25, -0.2) is 0 Å². The van der Waals surface area contributed by atoms with Gasteiger partial charge < -0.3 is 16.2 Å². The molecule has 96 valence electrons. The van der Waals surface area contributed by atoms with Crippen LogP contribution >= 0.6 is 11.6 Å². The van der Waals surface area contributed by atoms with Gasteiger partial charge in [0.25, 0.3) is 0 Å². The molecule has 0 saturated carbocycles. The molecule has 0 bridgehead atoms. The van der Waals surface area contributed by atoms with Crippen molar-refractivity contribution in [1.29, 1.82) is 0 Å². The molecule has 0 aromatic heterocycles. The van der Waals surface area contributed by atoms with Crippen LogP contribution in [0.1, 0.15) is 17.3 Å². The van der Waals surface area contributed by atoms with E-state index in [1.165, 1.54) is 25.1 Å². The number of hydrogen-bond acceptors (Lipinski definition) is 3. The first-order valence-corrected chi connectivity index (χ1v) is 5.33. The molecule has 0 aliphatic rings. The van der Waals surface area contributed by atoms with Gasteiger partial charge in [0.2, 0.25) is 11.8 Å². The number of amides is 2. The molecular weight excluding hydrogens is 260 g/mol. The van der Waals surface area contributed by atoms with Crippen molar-refractivity contribution in [2.24, 2.45) is 11.7 Å². The van der Waals surface area contributed by atoms with Crippen LogP contribution in [0.3, 0.4) is 0 Å². The van der Waals surface area contributed by atoms with Crippen LogP contribution in [0.4, 0.5) is 5.69 Å². The zero-order chi connectivity index (χ0) is 13.9. The number of primary amides is 1. The van der Waals surface area contributed by atoms with Gasteiger partial charge in [-0.2, -0.15) is 0 Å². The maximum Gasteiger partial charge on any atom is 0.315 e. The summed E-state index contributed by atoms with van der Waals surface area (Å²) in [7, 11) is 0. The second-order valence-corrected chi connectivity index (χ2v) is 4.02. The lowest BCUT2D eigenvalue weighted by Gasteiger charge is -2.09. The van der Waals surface area contributed by atoms with Gasteiger partial charge in [-0.1, -0.05) is 11.6 Å². The molecule has 0 aliphatic carbocycles. The van der Waals surface area contributed by atoms with Gasteiger partial charge in [0, 0.05) is 5.69 Å². The number of nitrogens with one attached hydrogen (secondary N) is 1. The first-order valence-electron chi connectivity index (χ1n) is 4.96. The summed E-state index contributed by atoms with van der Waals surface area (Å²) in [5, 5.41) is 11.2. The zero-order valence-electron chi connectivity index (χ0n) is 9.44. The zero-order valence-corrected chi connectivity index (χ0v) is 10.2. The third kappa shape index (κ3) is 3.21. The molecule has 1 rings (SSSR count). The molecule has 2 amide bonds. The average Bonchev–Trinajstić information content (AvgIpc) is 2.29. The van der Waals surface area contributed by atoms with Crippen LogP contribution < -0.4 is 11.1 Å². The van der Waals surface area contributed by atoms with Gasteiger partial charge in [0.15, 0.2) is 0 Å². The summed E-state index contributed by atoms with van der Waals surface area (Å²) in [6, 6.07) is 4.13. The lowest BCUT2D eigenvalue weighted by molar-refractivity contribution is -0.144. The van der Waals surface area contributed by atoms with E-state index in [1.54, 1.807) is 0 Å². The molecule has 0 fully saturated rings. The highest BCUT2D eigenvalue weighted by molar-refractivity contribution is 6.34. The van der Waals surface area contributed by atoms with Gasteiger partial charge in [0.1, 0.15) is 5.92 Å². The Labute approximate surface area is 108 Å². The summed E-state index contributed by atoms with van der Waals surface area (Å²) in [5.74, 6) is -3.86. The second kappa shape index (κ2) is 5.50. The number of nitrogens with two attached hydrogens (primary N) is 1. The molecule has 7 heteroatoms. The van der Waals surface area contributed by atoms with Crippen LogP contribution in [-0.4, -0.2) is 22.9 Å². The number of halogens is 1. The van der Waals surface area contributed by atoms with E-state index in [9.17, 15) is 14.4 Å². The van der Waals surface area contributed by atoms with Crippen LogP contribution in [0.25, 0.3) is 0 Å². The molecule has 0 spiro atoms. The van der Waals surface area contributed by atoms with Crippen LogP contribution in [-0.2, 0) is 9.59 Å². The van der Waals surface area contributed by atoms with Crippen molar-refractivity contribution in [3.8, 4) is 0 Å². The summed E-state index contributed by atoms with van der Waals surface area (Å²) in [5.41, 5.74) is 5.40. The van der Waals surface area contributed by atoms with Gasteiger partial charge >= 0.3 is 5.97 Å². The van der Waals surface area contributed by atoms with E-state index in [4.69, 9.17) is 22.4 Å². The van der Waals surface area contributed by atoms with Gasteiger partial charge in [0.05, 0.1) is 10.6 Å². The van der Waals surface area contributed by atoms with E-state index >= 15 is 0 Å². The quantitative estimate of drug-likeness (QED) is 0.712. The van der Waals surface area contributed by atoms with E-state index in [1.807, 2.05) is 0 Å². The maximum atomic E-state index is 11.5. The standard InChI is InChI=1S/C11H11ClN2O4/c1-5(11(17)18)10(16)14-6-2-3-8(12)7(4-6)9(13)15/h2-5H,1H3,(H2,13,15)(H,14,16)(H,17,18). The fourth-order valence-electron chi connectivity index (χ4n) is 1.15. The highest BCUT2D eigenvalue weighted by Crippen LogP contribution is 2.20. The topological polar surface area (TPSA) is 109 Å². The van der Waals surface area contributed by atoms with Crippen molar-refractivity contribution in [2.45, 2.75) is 6.92 Å². The average molecular weight is 271 g/mol. The minimum Gasteiger partial charge on any atom is -0.481 e. The van der Waals surface area contributed by atoms with E-state index in [0.717, 1.165) is 0 Å². The third-order valence-corrected chi connectivity index (χ3v) is 2.59. The summed E-state index contributed by atoms with van der Waals surface area (Å²) in [6.45, 7) is 1.25. The number of aliphatic carboxylic acids is 1. The van der Waals surface area contributed by atoms with Crippen molar-refractivity contribution >= 4 is 35.1 Å². The highest BCUT2D eigenvalue weighted by Gasteiger charge is 2.20. The van der Waals surface area contributed by atoms with E-state index in [0.29, 0.717) is 0 Å². The van der Waals surface area contributed by atoms with Crippen molar-refractivity contribution < 1.29 is 19.5 Å². The summed E-state index contributed by atoms with van der Waals surface area (Å²) in [4.78, 5) is 33.1. The Bertz CT molecular complexity index is 516. The first kappa shape index (κ1) is 14.0. The number of benzene rings is 1. The van der Waals surface area contributed by atoms with Gasteiger partial charge in [-0.15, -0.1) is 0 Å². The Morgan fingerprint density at radius 3 is 2.50 bits per heavy atom. The van der Waals surface area contributed by atoms with Crippen LogP contribution in [0, 0.1) is 5.92 Å². The molecule has 0 heterocycles. The molecule has 0 radical (unpaired) electrons. The third-order valence-electron chi connectivity index (χ3n) is 2.26. The largest absolute Gasteiger partial charge is 0.481 e. The molecule has 18 heavy (non-hydrogen) atoms. The number of carboxylic acid groups (broad SMARTS) is 1. The Kier molecular flexibility index (Phi) is 4.28. The van der Waals surface area contributed by atoms with Gasteiger partial charge in [-0.3, -0.25) is 14.4 Å². The van der Waals surface area contributed by atoms with Crippen LogP contribution in [0.2, 0.25) is 5.02 Å². The SMILES string of the molecule is CC(C(=O)O)C(=O)Nc1ccc(Cl)c(C(N)=O)c1. The molecule has 1 unspecified atom stereocenters. The van der Waals surface area contributed by atoms with Crippen molar-refractivity contribution in [3.05, 3.63) is 28.8 Å². The highest BCUT2D eigenvalue weighted by atomic mass is 35.5. The van der Waals surface area contributed by atoms with Gasteiger partial charge in [-0.05, 0) is 25.1 Å². The summed E-state index contributed by atoms with van der Waals surface area (Å²) in [6.07, 6.45) is 0. The lowest BCUT2D eigenvalue weighted by atomic mass is 10.1. The normalized spacial score (nSPS) is 11.7. The molecular formula is C11H11ClN2O4. The summed E-state index contributed by atoms with van der Waals surface area (Å²) >= 11 is 5.73. The molecule has 0 saturated heterocycles. The molecule has 4 N–H and O–H groups in total. The summed E-state index contributed by atoms with van der Waals surface area (Å²) < 4.78 is 0. The molecule has 6 nitrogen and oxygen atoms in total. The number of hydrogen-bond donors (Lipinski definition) is 3. The Hall–Kier alpha value is -2.08. The Morgan fingerprint density at radius 1 is 1.39 bits per heavy atom. The van der Waals surface area contributed by atoms with Crippen LogP contribution in [0.5, 0.6) is 0 Å². The molecule has 1 aromatic rings. The van der Waals surface area contributed by atoms with Crippen molar-refractivity contribution in [3.63, 3.8) is 0 Å².